The molecule has 0 radical (unpaired) electrons. The molecule has 3 heteroatoms. The first-order valence-corrected chi connectivity index (χ1v) is 3.28. The zero-order valence-electron chi connectivity index (χ0n) is 7.69. The van der Waals surface area contributed by atoms with E-state index in [0.29, 0.717) is 0 Å². The highest BCUT2D eigenvalue weighted by Crippen LogP contribution is 2.17. The quantitative estimate of drug-likeness (QED) is 0.409. The number of halogens is 1. The second kappa shape index (κ2) is 4.21. The van der Waals surface area contributed by atoms with Gasteiger partial charge in [-0.25, -0.2) is 0 Å². The van der Waals surface area contributed by atoms with Crippen molar-refractivity contribution in [1.82, 2.24) is 0 Å². The number of hydrogen-bond acceptors (Lipinski definition) is 2. The first-order chi connectivity index (χ1) is 4.75. The van der Waals surface area contributed by atoms with Crippen molar-refractivity contribution in [2.24, 2.45) is 5.84 Å². The average molecular weight is 173 g/mol. The summed E-state index contributed by atoms with van der Waals surface area (Å²) in [6, 6.07) is 6.08. The summed E-state index contributed by atoms with van der Waals surface area (Å²) in [5, 5.41) is 0. The fraction of sp³-hybridized carbons (Fsp3) is 0.250. The predicted octanol–water partition coefficient (Wildman–Crippen LogP) is -1.29. The van der Waals surface area contributed by atoms with E-state index in [4.69, 9.17) is 5.84 Å². The molecule has 0 aliphatic rings. The number of hydrogen-bond donors (Lipinski definition) is 2. The monoisotopic (exact) mass is 172 g/mol. The highest BCUT2D eigenvalue weighted by Gasteiger charge is 1.96. The van der Waals surface area contributed by atoms with Crippen molar-refractivity contribution in [3.63, 3.8) is 0 Å². The molecule has 11 heavy (non-hydrogen) atoms. The van der Waals surface area contributed by atoms with Gasteiger partial charge < -0.3 is 17.8 Å². The van der Waals surface area contributed by atoms with Crippen LogP contribution in [0.15, 0.2) is 18.2 Å². The number of hydrazine groups is 1. The third kappa shape index (κ3) is 2.10. The van der Waals surface area contributed by atoms with Gasteiger partial charge in [0.05, 0.1) is 5.69 Å². The van der Waals surface area contributed by atoms with Gasteiger partial charge in [-0.1, -0.05) is 18.2 Å². The summed E-state index contributed by atoms with van der Waals surface area (Å²) < 4.78 is 0. The van der Waals surface area contributed by atoms with Gasteiger partial charge in [-0.3, -0.25) is 5.84 Å². The minimum absolute atomic E-state index is 0. The summed E-state index contributed by atoms with van der Waals surface area (Å²) in [6.07, 6.45) is 0. The van der Waals surface area contributed by atoms with Gasteiger partial charge in [-0.15, -0.1) is 0 Å². The molecule has 0 spiro atoms. The van der Waals surface area contributed by atoms with E-state index in [-0.39, 0.29) is 13.8 Å². The Kier molecular flexibility index (Phi) is 3.93. The van der Waals surface area contributed by atoms with E-state index in [0.717, 1.165) is 5.69 Å². The van der Waals surface area contributed by atoms with E-state index in [1.165, 1.54) is 11.1 Å². The zero-order valence-corrected chi connectivity index (χ0v) is 7.44. The topological polar surface area (TPSA) is 38.0 Å². The molecule has 0 unspecified atom stereocenters. The number of benzene rings is 1. The van der Waals surface area contributed by atoms with Crippen molar-refractivity contribution in [2.45, 2.75) is 13.8 Å². The molecule has 1 rings (SSSR count). The second-order valence-corrected chi connectivity index (χ2v) is 2.41. The van der Waals surface area contributed by atoms with Crippen LogP contribution in [0.3, 0.4) is 0 Å². The smallest absolute Gasteiger partial charge is 1.00 e. The maximum Gasteiger partial charge on any atom is 1.00 e. The molecule has 0 aromatic heterocycles. The molecule has 0 saturated carbocycles. The molecule has 1 aromatic carbocycles. The number of aryl methyl sites for hydroxylation is 2. The lowest BCUT2D eigenvalue weighted by Gasteiger charge is -2.06. The maximum atomic E-state index is 5.30. The normalized spacial score (nSPS) is 8.64. The molecule has 0 fully saturated rings. The van der Waals surface area contributed by atoms with Crippen molar-refractivity contribution >= 4 is 5.69 Å². The lowest BCUT2D eigenvalue weighted by molar-refractivity contribution is -0.00000226. The van der Waals surface area contributed by atoms with Gasteiger partial charge in [0.25, 0.3) is 0 Å². The second-order valence-electron chi connectivity index (χ2n) is 2.41. The van der Waals surface area contributed by atoms with E-state index in [1.807, 2.05) is 32.0 Å². The van der Waals surface area contributed by atoms with Gasteiger partial charge in [0.15, 0.2) is 0 Å². The van der Waals surface area contributed by atoms with E-state index in [1.54, 1.807) is 0 Å². The Bertz CT molecular complexity index is 220. The Balaban J connectivity index is 0. The summed E-state index contributed by atoms with van der Waals surface area (Å²) in [7, 11) is 0. The Morgan fingerprint density at radius 2 is 1.73 bits per heavy atom. The fourth-order valence-electron chi connectivity index (χ4n) is 1.04. The predicted molar refractivity (Wildman–Crippen MR) is 44.8 cm³/mol. The van der Waals surface area contributed by atoms with Crippen molar-refractivity contribution in [2.75, 3.05) is 5.43 Å². The summed E-state index contributed by atoms with van der Waals surface area (Å²) in [4.78, 5) is 0. The summed E-state index contributed by atoms with van der Waals surface area (Å²) in [6.45, 7) is 4.06. The standard InChI is InChI=1S/C8H12N2.ClH/c1-6-4-3-5-7(2)8(6)10-9;/h3-5,10H,9H2,1-2H3;1H. The number of nitrogens with two attached hydrogens (primary N) is 1. The number of nitrogens with one attached hydrogen (secondary N) is 1. The van der Waals surface area contributed by atoms with Crippen LogP contribution in [0.5, 0.6) is 0 Å². The largest absolute Gasteiger partial charge is 1.00 e. The molecule has 1 aromatic rings. The highest BCUT2D eigenvalue weighted by molar-refractivity contribution is 5.55. The molecular formula is C8H13ClN2. The Labute approximate surface area is 74.7 Å². The van der Waals surface area contributed by atoms with Crippen molar-refractivity contribution in [3.8, 4) is 0 Å². The lowest BCUT2D eigenvalue weighted by atomic mass is 10.1. The summed E-state index contributed by atoms with van der Waals surface area (Å²) in [5.74, 6) is 5.30. The first-order valence-electron chi connectivity index (χ1n) is 3.28. The molecule has 0 saturated heterocycles. The van der Waals surface area contributed by atoms with Gasteiger partial charge >= 0.3 is 1.43 Å². The summed E-state index contributed by atoms with van der Waals surface area (Å²) >= 11 is 0. The van der Waals surface area contributed by atoms with Crippen LogP contribution in [0.4, 0.5) is 5.69 Å². The molecule has 0 bridgehead atoms. The molecule has 0 heterocycles. The molecule has 0 aliphatic heterocycles. The van der Waals surface area contributed by atoms with Crippen LogP contribution >= 0.6 is 0 Å². The van der Waals surface area contributed by atoms with Crippen LogP contribution in [0, 0.1) is 13.8 Å². The van der Waals surface area contributed by atoms with Gasteiger partial charge in [0.2, 0.25) is 0 Å². The van der Waals surface area contributed by atoms with Crippen molar-refractivity contribution in [1.29, 1.82) is 0 Å². The molecule has 0 atom stereocenters. The highest BCUT2D eigenvalue weighted by atomic mass is 35.5. The van der Waals surface area contributed by atoms with Crippen LogP contribution < -0.4 is 23.7 Å². The lowest BCUT2D eigenvalue weighted by Crippen LogP contribution is -3.00. The van der Waals surface area contributed by atoms with E-state index in [9.17, 15) is 0 Å². The summed E-state index contributed by atoms with van der Waals surface area (Å²) in [5.41, 5.74) is 6.06. The third-order valence-corrected chi connectivity index (χ3v) is 1.63. The molecule has 2 nitrogen and oxygen atoms in total. The molecular weight excluding hydrogens is 160 g/mol. The van der Waals surface area contributed by atoms with Crippen molar-refractivity contribution in [3.05, 3.63) is 29.3 Å². The minimum atomic E-state index is 0. The van der Waals surface area contributed by atoms with Crippen molar-refractivity contribution < 1.29 is 13.8 Å². The molecule has 0 aliphatic carbocycles. The van der Waals surface area contributed by atoms with Crippen LogP contribution in [0.1, 0.15) is 12.6 Å². The van der Waals surface area contributed by atoms with Gasteiger partial charge in [-0.05, 0) is 25.0 Å². The number of nitrogen functional groups attached to an aromatic ring is 1. The van der Waals surface area contributed by atoms with E-state index in [2.05, 4.69) is 5.43 Å². The Morgan fingerprint density at radius 1 is 1.27 bits per heavy atom. The third-order valence-electron chi connectivity index (χ3n) is 1.63. The zero-order chi connectivity index (χ0) is 7.56. The van der Waals surface area contributed by atoms with Gasteiger partial charge in [0, 0.05) is 0 Å². The fourth-order valence-corrected chi connectivity index (χ4v) is 1.04. The Hall–Kier alpha value is -0.730. The number of para-hydroxylation sites is 1. The molecule has 0 amide bonds. The van der Waals surface area contributed by atoms with Gasteiger partial charge in [-0.2, -0.15) is 0 Å². The maximum absolute atomic E-state index is 5.30. The van der Waals surface area contributed by atoms with E-state index >= 15 is 0 Å². The van der Waals surface area contributed by atoms with Crippen LogP contribution in [-0.2, 0) is 0 Å². The average Bonchev–Trinajstić information content (AvgIpc) is 1.88. The van der Waals surface area contributed by atoms with E-state index < -0.39 is 0 Å². The van der Waals surface area contributed by atoms with Crippen LogP contribution in [0.2, 0.25) is 0 Å². The SMILES string of the molecule is Cc1cccc(C)c1NN.[Cl-].[H+]. The Morgan fingerprint density at radius 3 is 2.00 bits per heavy atom. The number of anilines is 1. The first kappa shape index (κ1) is 10.3. The van der Waals surface area contributed by atoms with Crippen LogP contribution in [0.25, 0.3) is 0 Å². The number of rotatable bonds is 1. The minimum Gasteiger partial charge on any atom is -1.00 e. The molecule has 3 N–H and O–H groups in total. The molecule has 62 valence electrons. The van der Waals surface area contributed by atoms with Gasteiger partial charge in [0.1, 0.15) is 0 Å². The van der Waals surface area contributed by atoms with Crippen LogP contribution in [-0.4, -0.2) is 0 Å².